The number of nitrogens with zero attached hydrogens (tertiary/aromatic N) is 2. The lowest BCUT2D eigenvalue weighted by Crippen LogP contribution is -2.59. The molecule has 4 saturated carbocycles. The summed E-state index contributed by atoms with van der Waals surface area (Å²) in [6.07, 6.45) is 7.88. The molecule has 4 aliphatic rings. The first-order valence-corrected chi connectivity index (χ1v) is 13.3. The molecule has 4 aliphatic carbocycles. The molecule has 0 unspecified atom stereocenters. The average molecular weight is 494 g/mol. The molecule has 0 aliphatic heterocycles. The van der Waals surface area contributed by atoms with Gasteiger partial charge in [0.2, 0.25) is 0 Å². The predicted molar refractivity (Wildman–Crippen MR) is 134 cm³/mol. The van der Waals surface area contributed by atoms with E-state index in [1.54, 1.807) is 17.6 Å². The van der Waals surface area contributed by atoms with E-state index in [4.69, 9.17) is 0 Å². The van der Waals surface area contributed by atoms with Crippen molar-refractivity contribution in [1.82, 2.24) is 20.6 Å². The van der Waals surface area contributed by atoms with E-state index in [2.05, 4.69) is 32.8 Å². The quantitative estimate of drug-likeness (QED) is 0.374. The number of benzene rings is 1. The number of fused-ring (bicyclic) bond motifs is 1. The van der Waals surface area contributed by atoms with E-state index < -0.39 is 5.82 Å². The fraction of sp³-hybridized carbons (Fsp3) is 0.462. The topological polar surface area (TPSA) is 96.0 Å². The molecule has 0 saturated heterocycles. The number of unbranched alkanes of at least 4 members (excludes halogenated alkanes) is 1. The highest BCUT2D eigenvalue weighted by atomic mass is 32.1. The van der Waals surface area contributed by atoms with Crippen LogP contribution in [0, 0.1) is 17.7 Å². The maximum atomic E-state index is 15.2. The first-order valence-electron chi connectivity index (χ1n) is 12.5. The molecule has 7 rings (SSSR count). The highest BCUT2D eigenvalue weighted by Crippen LogP contribution is 2.55. The molecular weight excluding hydrogens is 465 g/mol. The van der Waals surface area contributed by atoms with Crippen molar-refractivity contribution in [3.63, 3.8) is 0 Å². The number of pyridine rings is 1. The Morgan fingerprint density at radius 1 is 1.17 bits per heavy atom. The molecule has 7 nitrogen and oxygen atoms in total. The molecular formula is C26H28FN5O2S. The van der Waals surface area contributed by atoms with Gasteiger partial charge in [-0.05, 0) is 50.0 Å². The van der Waals surface area contributed by atoms with Crippen molar-refractivity contribution in [3.8, 4) is 10.6 Å². The summed E-state index contributed by atoms with van der Waals surface area (Å²) in [7, 11) is 0. The van der Waals surface area contributed by atoms with Gasteiger partial charge in [-0.15, -0.1) is 11.3 Å². The summed E-state index contributed by atoms with van der Waals surface area (Å²) in [5.74, 6) is 0.410. The summed E-state index contributed by atoms with van der Waals surface area (Å²) in [4.78, 5) is 34.3. The van der Waals surface area contributed by atoms with E-state index in [0.29, 0.717) is 57.1 Å². The SMILES string of the molecule is CCCCNC(=O)c1csc(-c2cc3c(NC4C5CC4C5)c(C(=O)NC4CC4)cnc3cc2F)n1. The Morgan fingerprint density at radius 3 is 2.66 bits per heavy atom. The van der Waals surface area contributed by atoms with Crippen molar-refractivity contribution < 1.29 is 14.0 Å². The maximum Gasteiger partial charge on any atom is 0.270 e. The number of nitrogens with one attached hydrogen (secondary N) is 3. The lowest BCUT2D eigenvalue weighted by Gasteiger charge is -2.58. The molecule has 2 aromatic heterocycles. The van der Waals surface area contributed by atoms with E-state index in [1.165, 1.54) is 30.2 Å². The van der Waals surface area contributed by atoms with E-state index >= 15 is 4.39 Å². The average Bonchev–Trinajstić information content (AvgIpc) is 3.46. The Kier molecular flexibility index (Phi) is 5.67. The molecule has 0 spiro atoms. The number of aromatic nitrogens is 2. The minimum absolute atomic E-state index is 0.149. The Morgan fingerprint density at radius 2 is 1.97 bits per heavy atom. The molecule has 2 heterocycles. The molecule has 182 valence electrons. The highest BCUT2D eigenvalue weighted by Gasteiger charge is 2.52. The lowest BCUT2D eigenvalue weighted by molar-refractivity contribution is -0.00385. The third-order valence-corrected chi connectivity index (χ3v) is 8.31. The van der Waals surface area contributed by atoms with Gasteiger partial charge in [-0.3, -0.25) is 14.6 Å². The Labute approximate surface area is 206 Å². The van der Waals surface area contributed by atoms with Crippen LogP contribution in [0.2, 0.25) is 0 Å². The van der Waals surface area contributed by atoms with Crippen LogP contribution in [-0.4, -0.2) is 40.4 Å². The van der Waals surface area contributed by atoms with Crippen molar-refractivity contribution in [2.24, 2.45) is 11.8 Å². The zero-order valence-corrected chi connectivity index (χ0v) is 20.4. The van der Waals surface area contributed by atoms with Crippen LogP contribution in [0.15, 0.2) is 23.7 Å². The van der Waals surface area contributed by atoms with E-state index in [9.17, 15) is 9.59 Å². The zero-order chi connectivity index (χ0) is 24.1. The van der Waals surface area contributed by atoms with E-state index in [1.807, 2.05) is 0 Å². The van der Waals surface area contributed by atoms with Crippen LogP contribution in [0.1, 0.15) is 66.3 Å². The third kappa shape index (κ3) is 4.16. The molecule has 1 aromatic carbocycles. The van der Waals surface area contributed by atoms with Crippen molar-refractivity contribution in [1.29, 1.82) is 0 Å². The van der Waals surface area contributed by atoms with Gasteiger partial charge in [0.25, 0.3) is 11.8 Å². The fourth-order valence-electron chi connectivity index (χ4n) is 4.86. The summed E-state index contributed by atoms with van der Waals surface area (Å²) >= 11 is 1.23. The summed E-state index contributed by atoms with van der Waals surface area (Å²) in [5, 5.41) is 12.3. The second-order valence-corrected chi connectivity index (χ2v) is 10.8. The number of halogens is 1. The molecule has 0 atom stereocenters. The van der Waals surface area contributed by atoms with E-state index in [0.717, 1.165) is 25.7 Å². The van der Waals surface area contributed by atoms with Gasteiger partial charge in [0.1, 0.15) is 16.5 Å². The van der Waals surface area contributed by atoms with Gasteiger partial charge in [0, 0.05) is 47.2 Å². The van der Waals surface area contributed by atoms with Gasteiger partial charge in [-0.2, -0.15) is 0 Å². The largest absolute Gasteiger partial charge is 0.381 e. The van der Waals surface area contributed by atoms with Crippen LogP contribution in [0.4, 0.5) is 10.1 Å². The molecule has 0 radical (unpaired) electrons. The second kappa shape index (κ2) is 8.86. The second-order valence-electron chi connectivity index (χ2n) is 9.95. The molecule has 4 fully saturated rings. The van der Waals surface area contributed by atoms with Gasteiger partial charge >= 0.3 is 0 Å². The van der Waals surface area contributed by atoms with Gasteiger partial charge in [0.15, 0.2) is 0 Å². The third-order valence-electron chi connectivity index (χ3n) is 7.43. The number of thiazole rings is 1. The fourth-order valence-corrected chi connectivity index (χ4v) is 5.68. The first-order chi connectivity index (χ1) is 17.0. The van der Waals surface area contributed by atoms with Crippen LogP contribution in [-0.2, 0) is 0 Å². The molecule has 35 heavy (non-hydrogen) atoms. The monoisotopic (exact) mass is 493 g/mol. The van der Waals surface area contributed by atoms with Crippen molar-refractivity contribution >= 4 is 39.7 Å². The van der Waals surface area contributed by atoms with E-state index in [-0.39, 0.29) is 23.6 Å². The Balaban J connectivity index is 1.37. The molecule has 3 aromatic rings. The molecule has 3 N–H and O–H groups in total. The summed E-state index contributed by atoms with van der Waals surface area (Å²) in [5.41, 5.74) is 2.27. The number of anilines is 1. The number of rotatable bonds is 9. The van der Waals surface area contributed by atoms with Gasteiger partial charge < -0.3 is 16.0 Å². The van der Waals surface area contributed by atoms with Crippen LogP contribution < -0.4 is 16.0 Å². The number of carbonyl (C=O) groups excluding carboxylic acids is 2. The van der Waals surface area contributed by atoms with Gasteiger partial charge in [0.05, 0.1) is 16.8 Å². The Bertz CT molecular complexity index is 1310. The molecule has 2 bridgehead atoms. The van der Waals surface area contributed by atoms with Gasteiger partial charge in [-0.1, -0.05) is 13.3 Å². The summed E-state index contributed by atoms with van der Waals surface area (Å²) < 4.78 is 15.2. The van der Waals surface area contributed by atoms with Crippen molar-refractivity contribution in [2.75, 3.05) is 11.9 Å². The van der Waals surface area contributed by atoms with Crippen LogP contribution in [0.5, 0.6) is 0 Å². The van der Waals surface area contributed by atoms with Crippen LogP contribution in [0.25, 0.3) is 21.5 Å². The highest BCUT2D eigenvalue weighted by molar-refractivity contribution is 7.13. The van der Waals surface area contributed by atoms with Crippen LogP contribution >= 0.6 is 11.3 Å². The van der Waals surface area contributed by atoms with Gasteiger partial charge in [-0.25, -0.2) is 9.37 Å². The number of amides is 2. The minimum Gasteiger partial charge on any atom is -0.381 e. The maximum absolute atomic E-state index is 15.2. The zero-order valence-electron chi connectivity index (χ0n) is 19.6. The summed E-state index contributed by atoms with van der Waals surface area (Å²) in [6.45, 7) is 2.64. The number of carbonyl (C=O) groups is 2. The lowest BCUT2D eigenvalue weighted by atomic mass is 9.52. The first kappa shape index (κ1) is 22.4. The van der Waals surface area contributed by atoms with Crippen LogP contribution in [0.3, 0.4) is 0 Å². The van der Waals surface area contributed by atoms with Crippen molar-refractivity contribution in [2.45, 2.75) is 57.5 Å². The predicted octanol–water partition coefficient (Wildman–Crippen LogP) is 4.74. The Hall–Kier alpha value is -3.07. The normalized spacial score (nSPS) is 22.3. The minimum atomic E-state index is -0.454. The van der Waals surface area contributed by atoms with Crippen molar-refractivity contribution in [3.05, 3.63) is 40.8 Å². The standard InChI is InChI=1S/C26H28FN5O2S/c1-2-3-6-28-25(34)21-12-35-26(31-21)16-9-17-20(10-19(16)27)29-11-18(24(33)30-15-4-5-15)23(17)32-22-13-7-14(22)8-13/h9-15,22H,2-8H2,1H3,(H,28,34)(H,29,32)(H,30,33). The summed E-state index contributed by atoms with van der Waals surface area (Å²) in [6, 6.07) is 3.68. The molecule has 9 heteroatoms. The molecule has 2 amide bonds. The number of hydrogen-bond donors (Lipinski definition) is 3. The smallest absolute Gasteiger partial charge is 0.270 e. The number of hydrogen-bond acceptors (Lipinski definition) is 6.